The minimum Gasteiger partial charge on any atom is -0.489 e. The van der Waals surface area contributed by atoms with Crippen molar-refractivity contribution in [2.24, 2.45) is 5.92 Å². The van der Waals surface area contributed by atoms with E-state index in [0.29, 0.717) is 19.6 Å². The van der Waals surface area contributed by atoms with E-state index in [2.05, 4.69) is 18.3 Å². The van der Waals surface area contributed by atoms with Crippen LogP contribution in [0.2, 0.25) is 0 Å². The van der Waals surface area contributed by atoms with E-state index >= 15 is 0 Å². The Morgan fingerprint density at radius 1 is 1.08 bits per heavy atom. The van der Waals surface area contributed by atoms with Gasteiger partial charge < -0.3 is 24.4 Å². The fourth-order valence-electron chi connectivity index (χ4n) is 4.45. The van der Waals surface area contributed by atoms with E-state index in [-0.39, 0.29) is 24.0 Å². The van der Waals surface area contributed by atoms with Crippen LogP contribution >= 0.6 is 0 Å². The van der Waals surface area contributed by atoms with Crippen LogP contribution in [0, 0.1) is 5.92 Å². The van der Waals surface area contributed by atoms with Crippen molar-refractivity contribution in [3.8, 4) is 11.5 Å². The first-order chi connectivity index (χ1) is 18.1. The Kier molecular flexibility index (Phi) is 10.2. The lowest BCUT2D eigenvalue weighted by Gasteiger charge is -2.30. The number of benzene rings is 2. The zero-order chi connectivity index (χ0) is 27.7. The van der Waals surface area contributed by atoms with Crippen LogP contribution in [0.15, 0.2) is 66.7 Å². The number of carbonyl (C=O) groups is 2. The predicted molar refractivity (Wildman–Crippen MR) is 149 cm³/mol. The molecule has 2 aromatic carbocycles. The van der Waals surface area contributed by atoms with Crippen molar-refractivity contribution in [2.45, 2.75) is 78.2 Å². The summed E-state index contributed by atoms with van der Waals surface area (Å²) in [6.45, 7) is 12.1. The van der Waals surface area contributed by atoms with Gasteiger partial charge in [0.15, 0.2) is 0 Å². The number of carbonyl (C=O) groups excluding carboxylic acids is 2. The zero-order valence-electron chi connectivity index (χ0n) is 23.5. The monoisotopic (exact) mass is 522 g/mol. The molecule has 7 heteroatoms. The number of nitrogens with zero attached hydrogens (tertiary/aromatic N) is 1. The molecule has 1 fully saturated rings. The number of hydrogen-bond donors (Lipinski definition) is 1. The Bertz CT molecular complexity index is 1080. The Labute approximate surface area is 227 Å². The topological polar surface area (TPSA) is 77.1 Å². The van der Waals surface area contributed by atoms with Crippen LogP contribution in [0.1, 0.15) is 53.5 Å². The summed E-state index contributed by atoms with van der Waals surface area (Å²) >= 11 is 0. The molecule has 2 aromatic rings. The number of amides is 2. The van der Waals surface area contributed by atoms with Crippen LogP contribution < -0.4 is 14.8 Å². The third-order valence-corrected chi connectivity index (χ3v) is 6.29. The second kappa shape index (κ2) is 13.4. The van der Waals surface area contributed by atoms with E-state index in [9.17, 15) is 9.59 Å². The van der Waals surface area contributed by atoms with Crippen molar-refractivity contribution < 1.29 is 23.8 Å². The van der Waals surface area contributed by atoms with Gasteiger partial charge in [0.1, 0.15) is 35.9 Å². The summed E-state index contributed by atoms with van der Waals surface area (Å²) < 4.78 is 17.6. The number of rotatable bonds is 10. The summed E-state index contributed by atoms with van der Waals surface area (Å²) in [6, 6.07) is 16.7. The molecule has 1 aliphatic rings. The summed E-state index contributed by atoms with van der Waals surface area (Å²) in [5.41, 5.74) is 0.501. The standard InChI is InChI=1S/C31H42N2O5/c1-7-23-14-11-12-18-27(23)36-19-13-15-24-20-26(37-25-16-9-8-10-17-25)21-33(24)29(34)28(22(2)3)32-30(35)38-31(4,5)6/h8-18,22,24,26,28H,7,19-21H2,1-6H3,(H,32,35)/t24-,26+,28+/m1/s1. The largest absolute Gasteiger partial charge is 0.489 e. The molecule has 3 atom stereocenters. The van der Waals surface area contributed by atoms with E-state index in [0.717, 1.165) is 23.5 Å². The first-order valence-corrected chi connectivity index (χ1v) is 13.5. The molecule has 0 aliphatic carbocycles. The van der Waals surface area contributed by atoms with Gasteiger partial charge >= 0.3 is 6.09 Å². The molecule has 1 aliphatic heterocycles. The molecule has 0 unspecified atom stereocenters. The molecule has 0 aromatic heterocycles. The predicted octanol–water partition coefficient (Wildman–Crippen LogP) is 5.78. The van der Waals surface area contributed by atoms with Gasteiger partial charge in [0.05, 0.1) is 12.6 Å². The van der Waals surface area contributed by atoms with Crippen LogP contribution in [-0.4, -0.2) is 53.8 Å². The van der Waals surface area contributed by atoms with E-state index in [1.54, 1.807) is 25.7 Å². The van der Waals surface area contributed by atoms with Gasteiger partial charge in [-0.1, -0.05) is 63.2 Å². The minimum absolute atomic E-state index is 0.123. The molecule has 3 rings (SSSR count). The summed E-state index contributed by atoms with van der Waals surface area (Å²) in [7, 11) is 0. The first kappa shape index (κ1) is 29.1. The molecule has 1 N–H and O–H groups in total. The summed E-state index contributed by atoms with van der Waals surface area (Å²) in [4.78, 5) is 28.1. The highest BCUT2D eigenvalue weighted by Gasteiger charge is 2.39. The van der Waals surface area contributed by atoms with Gasteiger partial charge in [-0.2, -0.15) is 0 Å². The lowest BCUT2D eigenvalue weighted by Crippen LogP contribution is -2.53. The summed E-state index contributed by atoms with van der Waals surface area (Å²) in [5, 5.41) is 2.79. The fraction of sp³-hybridized carbons (Fsp3) is 0.484. The smallest absolute Gasteiger partial charge is 0.408 e. The molecule has 38 heavy (non-hydrogen) atoms. The normalized spacial score (nSPS) is 18.4. The van der Waals surface area contributed by atoms with Gasteiger partial charge in [0.2, 0.25) is 5.91 Å². The van der Waals surface area contributed by atoms with Gasteiger partial charge in [-0.15, -0.1) is 0 Å². The quantitative estimate of drug-likeness (QED) is 0.400. The third kappa shape index (κ3) is 8.54. The van der Waals surface area contributed by atoms with E-state index < -0.39 is 17.7 Å². The maximum absolute atomic E-state index is 13.8. The van der Waals surface area contributed by atoms with Gasteiger partial charge in [0.25, 0.3) is 0 Å². The van der Waals surface area contributed by atoms with Crippen molar-refractivity contribution in [1.29, 1.82) is 0 Å². The van der Waals surface area contributed by atoms with Crippen LogP contribution in [0.3, 0.4) is 0 Å². The molecule has 2 amide bonds. The van der Waals surface area contributed by atoms with E-state index in [1.807, 2.05) is 74.5 Å². The SMILES string of the molecule is CCc1ccccc1OCC=C[C@@H]1C[C@H](Oc2ccccc2)CN1C(=O)[C@@H](NC(=O)OC(C)(C)C)C(C)C. The maximum Gasteiger partial charge on any atom is 0.408 e. The molecule has 1 heterocycles. The van der Waals surface area contributed by atoms with Crippen molar-refractivity contribution >= 4 is 12.0 Å². The zero-order valence-corrected chi connectivity index (χ0v) is 23.5. The lowest BCUT2D eigenvalue weighted by molar-refractivity contribution is -0.135. The highest BCUT2D eigenvalue weighted by molar-refractivity contribution is 5.86. The van der Waals surface area contributed by atoms with Crippen molar-refractivity contribution in [3.63, 3.8) is 0 Å². The fourth-order valence-corrected chi connectivity index (χ4v) is 4.45. The Balaban J connectivity index is 1.74. The molecule has 7 nitrogen and oxygen atoms in total. The highest BCUT2D eigenvalue weighted by Crippen LogP contribution is 2.26. The lowest BCUT2D eigenvalue weighted by atomic mass is 10.0. The van der Waals surface area contributed by atoms with Crippen LogP contribution in [0.4, 0.5) is 4.79 Å². The second-order valence-electron chi connectivity index (χ2n) is 10.9. The number of likely N-dealkylation sites (tertiary alicyclic amines) is 1. The van der Waals surface area contributed by atoms with Gasteiger partial charge in [-0.25, -0.2) is 4.79 Å². The van der Waals surface area contributed by atoms with Crippen molar-refractivity contribution in [1.82, 2.24) is 10.2 Å². The third-order valence-electron chi connectivity index (χ3n) is 6.29. The number of ether oxygens (including phenoxy) is 3. The molecule has 206 valence electrons. The molecule has 0 bridgehead atoms. The van der Waals surface area contributed by atoms with Gasteiger partial charge in [-0.05, 0) is 62.9 Å². The molecular weight excluding hydrogens is 480 g/mol. The average molecular weight is 523 g/mol. The Morgan fingerprint density at radius 2 is 1.76 bits per heavy atom. The summed E-state index contributed by atoms with van der Waals surface area (Å²) in [6.07, 6.45) is 4.72. The van der Waals surface area contributed by atoms with E-state index in [1.165, 1.54) is 0 Å². The van der Waals surface area contributed by atoms with Crippen LogP contribution in [0.25, 0.3) is 0 Å². The van der Waals surface area contributed by atoms with Crippen LogP contribution in [0.5, 0.6) is 11.5 Å². The first-order valence-electron chi connectivity index (χ1n) is 13.5. The number of para-hydroxylation sites is 2. The van der Waals surface area contributed by atoms with Crippen molar-refractivity contribution in [3.05, 3.63) is 72.3 Å². The second-order valence-corrected chi connectivity index (χ2v) is 10.9. The van der Waals surface area contributed by atoms with E-state index in [4.69, 9.17) is 14.2 Å². The molecule has 0 spiro atoms. The number of aryl methyl sites for hydroxylation is 1. The maximum atomic E-state index is 13.8. The molecular formula is C31H42N2O5. The van der Waals surface area contributed by atoms with Gasteiger partial charge in [-0.3, -0.25) is 4.79 Å². The van der Waals surface area contributed by atoms with Crippen LogP contribution in [-0.2, 0) is 16.0 Å². The summed E-state index contributed by atoms with van der Waals surface area (Å²) in [5.74, 6) is 1.35. The molecule has 0 radical (unpaired) electrons. The number of nitrogens with one attached hydrogen (secondary N) is 1. The molecule has 0 saturated carbocycles. The molecule has 1 saturated heterocycles. The number of alkyl carbamates (subject to hydrolysis) is 1. The van der Waals surface area contributed by atoms with Gasteiger partial charge in [0, 0.05) is 6.42 Å². The average Bonchev–Trinajstić information content (AvgIpc) is 3.26. The highest BCUT2D eigenvalue weighted by atomic mass is 16.6. The minimum atomic E-state index is -0.719. The Hall–Kier alpha value is -3.48. The van der Waals surface area contributed by atoms with Crippen molar-refractivity contribution in [2.75, 3.05) is 13.2 Å². The number of hydrogen-bond acceptors (Lipinski definition) is 5. The Morgan fingerprint density at radius 3 is 2.42 bits per heavy atom.